The molecule has 1 heterocycles. The van der Waals surface area contributed by atoms with Crippen LogP contribution >= 0.6 is 12.2 Å². The number of nitrogens with zero attached hydrogens (tertiary/aromatic N) is 3. The predicted molar refractivity (Wildman–Crippen MR) is 83.1 cm³/mol. The van der Waals surface area contributed by atoms with E-state index in [1.54, 1.807) is 4.68 Å². The topological polar surface area (TPSA) is 45.1 Å². The zero-order chi connectivity index (χ0) is 14.1. The number of aromatic nitrogens is 2. The third-order valence-corrected chi connectivity index (χ3v) is 3.33. The van der Waals surface area contributed by atoms with Crippen molar-refractivity contribution in [3.05, 3.63) is 18.0 Å². The Bertz CT molecular complexity index is 373. The van der Waals surface area contributed by atoms with Gasteiger partial charge >= 0.3 is 0 Å². The summed E-state index contributed by atoms with van der Waals surface area (Å²) in [4.78, 5) is 2.41. The molecule has 0 aromatic carbocycles. The van der Waals surface area contributed by atoms with Crippen molar-refractivity contribution in [1.29, 1.82) is 0 Å². The molecule has 1 aromatic rings. The fraction of sp³-hybridized carbons (Fsp3) is 0.692. The van der Waals surface area contributed by atoms with Crippen molar-refractivity contribution in [1.82, 2.24) is 25.3 Å². The van der Waals surface area contributed by atoms with E-state index in [0.717, 1.165) is 44.7 Å². The van der Waals surface area contributed by atoms with Crippen LogP contribution in [0.2, 0.25) is 0 Å². The van der Waals surface area contributed by atoms with Crippen LogP contribution in [0, 0.1) is 0 Å². The Balaban J connectivity index is 2.08. The highest BCUT2D eigenvalue weighted by Gasteiger charge is 2.00. The van der Waals surface area contributed by atoms with Gasteiger partial charge in [0.05, 0.1) is 6.20 Å². The monoisotopic (exact) mass is 283 g/mol. The molecule has 6 heteroatoms. The van der Waals surface area contributed by atoms with Crippen LogP contribution in [0.15, 0.2) is 12.4 Å². The van der Waals surface area contributed by atoms with E-state index in [1.807, 2.05) is 19.4 Å². The zero-order valence-electron chi connectivity index (χ0n) is 12.1. The Morgan fingerprint density at radius 3 is 2.68 bits per heavy atom. The van der Waals surface area contributed by atoms with Gasteiger partial charge in [0.25, 0.3) is 0 Å². The van der Waals surface area contributed by atoms with Gasteiger partial charge in [0, 0.05) is 31.9 Å². The molecule has 5 nitrogen and oxygen atoms in total. The second-order valence-electron chi connectivity index (χ2n) is 4.51. The molecular weight excluding hydrogens is 258 g/mol. The first kappa shape index (κ1) is 15.9. The number of hydrogen-bond donors (Lipinski definition) is 2. The molecule has 2 N–H and O–H groups in total. The average molecular weight is 283 g/mol. The molecule has 0 amide bonds. The van der Waals surface area contributed by atoms with Gasteiger partial charge in [-0.3, -0.25) is 4.68 Å². The minimum Gasteiger partial charge on any atom is -0.363 e. The van der Waals surface area contributed by atoms with Crippen molar-refractivity contribution in [3.8, 4) is 0 Å². The summed E-state index contributed by atoms with van der Waals surface area (Å²) in [5.74, 6) is 0. The molecule has 1 aromatic heterocycles. The number of aryl methyl sites for hydroxylation is 1. The molecule has 0 fully saturated rings. The van der Waals surface area contributed by atoms with Gasteiger partial charge < -0.3 is 15.5 Å². The highest BCUT2D eigenvalue weighted by atomic mass is 32.1. The van der Waals surface area contributed by atoms with Crippen LogP contribution in [0.1, 0.15) is 25.8 Å². The third kappa shape index (κ3) is 6.54. The van der Waals surface area contributed by atoms with Gasteiger partial charge in [0.1, 0.15) is 0 Å². The molecule has 0 radical (unpaired) electrons. The summed E-state index contributed by atoms with van der Waals surface area (Å²) in [5.41, 5.74) is 1.13. The summed E-state index contributed by atoms with van der Waals surface area (Å²) in [5, 5.41) is 11.2. The first-order valence-corrected chi connectivity index (χ1v) is 7.28. The molecular formula is C13H25N5S. The molecule has 0 aliphatic carbocycles. The van der Waals surface area contributed by atoms with E-state index in [4.69, 9.17) is 12.2 Å². The predicted octanol–water partition coefficient (Wildman–Crippen LogP) is 1.12. The number of nitrogens with one attached hydrogen (secondary N) is 2. The molecule has 0 aliphatic rings. The van der Waals surface area contributed by atoms with Crippen LogP contribution in [-0.4, -0.2) is 46.0 Å². The van der Waals surface area contributed by atoms with E-state index in [-0.39, 0.29) is 0 Å². The second kappa shape index (κ2) is 8.87. The largest absolute Gasteiger partial charge is 0.363 e. The normalized spacial score (nSPS) is 10.7. The Hall–Kier alpha value is -1.14. The highest BCUT2D eigenvalue weighted by Crippen LogP contribution is 1.94. The van der Waals surface area contributed by atoms with Crippen molar-refractivity contribution >= 4 is 17.3 Å². The molecule has 0 bridgehead atoms. The van der Waals surface area contributed by atoms with Crippen LogP contribution in [0.3, 0.4) is 0 Å². The van der Waals surface area contributed by atoms with Gasteiger partial charge in [0.2, 0.25) is 0 Å². The summed E-state index contributed by atoms with van der Waals surface area (Å²) in [7, 11) is 1.91. The fourth-order valence-corrected chi connectivity index (χ4v) is 2.03. The summed E-state index contributed by atoms with van der Waals surface area (Å²) in [6.07, 6.45) is 4.93. The lowest BCUT2D eigenvalue weighted by Gasteiger charge is -2.18. The van der Waals surface area contributed by atoms with Gasteiger partial charge in [-0.1, -0.05) is 13.8 Å². The lowest BCUT2D eigenvalue weighted by atomic mass is 10.3. The van der Waals surface area contributed by atoms with Crippen LogP contribution < -0.4 is 10.6 Å². The lowest BCUT2D eigenvalue weighted by molar-refractivity contribution is 0.300. The fourth-order valence-electron chi connectivity index (χ4n) is 1.85. The molecule has 0 saturated heterocycles. The van der Waals surface area contributed by atoms with Crippen molar-refractivity contribution in [3.63, 3.8) is 0 Å². The van der Waals surface area contributed by atoms with Crippen molar-refractivity contribution < 1.29 is 0 Å². The first-order chi connectivity index (χ1) is 9.15. The maximum absolute atomic E-state index is 5.23. The average Bonchev–Trinajstić information content (AvgIpc) is 2.82. The van der Waals surface area contributed by atoms with Crippen molar-refractivity contribution in [2.75, 3.05) is 26.2 Å². The van der Waals surface area contributed by atoms with E-state index in [2.05, 4.69) is 34.5 Å². The molecule has 0 aliphatic heterocycles. The van der Waals surface area contributed by atoms with Crippen LogP contribution in [0.5, 0.6) is 0 Å². The maximum Gasteiger partial charge on any atom is 0.166 e. The van der Waals surface area contributed by atoms with Gasteiger partial charge in [0.15, 0.2) is 5.11 Å². The van der Waals surface area contributed by atoms with E-state index in [0.29, 0.717) is 5.11 Å². The third-order valence-electron chi connectivity index (χ3n) is 3.04. The molecule has 0 spiro atoms. The number of hydrogen-bond acceptors (Lipinski definition) is 3. The molecule has 1 rings (SSSR count). The van der Waals surface area contributed by atoms with E-state index >= 15 is 0 Å². The standard InChI is InChI=1S/C13H25N5S/c1-4-18(5-2)8-6-7-14-13(19)15-9-12-10-16-17(3)11-12/h10-11H,4-9H2,1-3H3,(H2,14,15,19). The summed E-state index contributed by atoms with van der Waals surface area (Å²) in [6, 6.07) is 0. The van der Waals surface area contributed by atoms with Crippen molar-refractivity contribution in [2.45, 2.75) is 26.8 Å². The maximum atomic E-state index is 5.23. The zero-order valence-corrected chi connectivity index (χ0v) is 13.0. The van der Waals surface area contributed by atoms with E-state index in [9.17, 15) is 0 Å². The summed E-state index contributed by atoms with van der Waals surface area (Å²) >= 11 is 5.23. The summed E-state index contributed by atoms with van der Waals surface area (Å²) < 4.78 is 1.79. The van der Waals surface area contributed by atoms with Crippen molar-refractivity contribution in [2.24, 2.45) is 7.05 Å². The second-order valence-corrected chi connectivity index (χ2v) is 4.92. The highest BCUT2D eigenvalue weighted by molar-refractivity contribution is 7.80. The Labute approximate surface area is 121 Å². The number of rotatable bonds is 8. The van der Waals surface area contributed by atoms with E-state index in [1.165, 1.54) is 0 Å². The minimum atomic E-state index is 0.711. The smallest absolute Gasteiger partial charge is 0.166 e. The summed E-state index contributed by atoms with van der Waals surface area (Å²) in [6.45, 7) is 9.35. The van der Waals surface area contributed by atoms with Crippen LogP contribution in [-0.2, 0) is 13.6 Å². The number of thiocarbonyl (C=S) groups is 1. The Morgan fingerprint density at radius 1 is 1.37 bits per heavy atom. The Kier molecular flexibility index (Phi) is 7.43. The van der Waals surface area contributed by atoms with E-state index < -0.39 is 0 Å². The molecule has 19 heavy (non-hydrogen) atoms. The SMILES string of the molecule is CCN(CC)CCCNC(=S)NCc1cnn(C)c1. The van der Waals surface area contributed by atoms with Gasteiger partial charge in [-0.05, 0) is 38.3 Å². The molecule has 0 unspecified atom stereocenters. The van der Waals surface area contributed by atoms with Crippen LogP contribution in [0.25, 0.3) is 0 Å². The van der Waals surface area contributed by atoms with Gasteiger partial charge in [-0.15, -0.1) is 0 Å². The van der Waals surface area contributed by atoms with Gasteiger partial charge in [-0.2, -0.15) is 5.10 Å². The molecule has 0 atom stereocenters. The van der Waals surface area contributed by atoms with Crippen LogP contribution in [0.4, 0.5) is 0 Å². The lowest BCUT2D eigenvalue weighted by Crippen LogP contribution is -2.36. The Morgan fingerprint density at radius 2 is 2.11 bits per heavy atom. The first-order valence-electron chi connectivity index (χ1n) is 6.87. The molecule has 0 saturated carbocycles. The molecule has 108 valence electrons. The quantitative estimate of drug-likeness (QED) is 0.553. The van der Waals surface area contributed by atoms with Gasteiger partial charge in [-0.25, -0.2) is 0 Å². The minimum absolute atomic E-state index is 0.711.